The molecule has 7 nitrogen and oxygen atoms in total. The van der Waals surface area contributed by atoms with Crippen molar-refractivity contribution in [1.82, 2.24) is 14.1 Å². The molecule has 2 heterocycles. The first kappa shape index (κ1) is 17.6. The number of aromatic nitrogens is 2. The Labute approximate surface area is 147 Å². The van der Waals surface area contributed by atoms with E-state index in [0.29, 0.717) is 31.6 Å². The summed E-state index contributed by atoms with van der Waals surface area (Å²) in [6.45, 7) is 2.30. The monoisotopic (exact) mass is 363 g/mol. The second-order valence-electron chi connectivity index (χ2n) is 6.06. The number of hydrogen-bond acceptors (Lipinski definition) is 5. The third kappa shape index (κ3) is 3.45. The number of sulfonamides is 1. The summed E-state index contributed by atoms with van der Waals surface area (Å²) < 4.78 is 33.7. The molecule has 0 atom stereocenters. The van der Waals surface area contributed by atoms with Crippen LogP contribution in [0.15, 0.2) is 41.4 Å². The molecule has 0 amide bonds. The van der Waals surface area contributed by atoms with Crippen molar-refractivity contribution in [3.8, 4) is 5.69 Å². The molecule has 25 heavy (non-hydrogen) atoms. The Hall–Kier alpha value is -2.19. The fraction of sp³-hybridized carbons (Fsp3) is 0.412. The molecule has 1 aromatic carbocycles. The van der Waals surface area contributed by atoms with E-state index in [0.717, 1.165) is 5.69 Å². The van der Waals surface area contributed by atoms with Gasteiger partial charge in [0.1, 0.15) is 4.90 Å². The summed E-state index contributed by atoms with van der Waals surface area (Å²) in [4.78, 5) is 11.8. The minimum atomic E-state index is -3.64. The van der Waals surface area contributed by atoms with Gasteiger partial charge in [-0.3, -0.25) is 4.79 Å². The second-order valence-corrected chi connectivity index (χ2v) is 7.97. The molecule has 0 radical (unpaired) electrons. The van der Waals surface area contributed by atoms with Crippen LogP contribution >= 0.6 is 0 Å². The largest absolute Gasteiger partial charge is 0.469 e. The summed E-state index contributed by atoms with van der Waals surface area (Å²) in [7, 11) is -2.28. The standard InChI is InChI=1S/C17H21N3O4S/c1-13-16(12-20(18-13)15-6-4-3-5-7-15)25(22,23)19-10-8-14(9-11-19)17(21)24-2/h3-7,12,14H,8-11H2,1-2H3. The molecule has 134 valence electrons. The number of nitrogens with zero attached hydrogens (tertiary/aromatic N) is 3. The van der Waals surface area contributed by atoms with E-state index in [1.54, 1.807) is 17.8 Å². The van der Waals surface area contributed by atoms with Crippen molar-refractivity contribution in [2.24, 2.45) is 5.92 Å². The zero-order chi connectivity index (χ0) is 18.0. The number of ether oxygens (including phenoxy) is 1. The van der Waals surface area contributed by atoms with Gasteiger partial charge in [0.25, 0.3) is 0 Å². The molecule has 0 bridgehead atoms. The number of piperidine rings is 1. The first-order valence-electron chi connectivity index (χ1n) is 8.13. The van der Waals surface area contributed by atoms with Crippen LogP contribution in [0.4, 0.5) is 0 Å². The molecule has 0 saturated carbocycles. The molecule has 3 rings (SSSR count). The van der Waals surface area contributed by atoms with Gasteiger partial charge < -0.3 is 4.74 Å². The van der Waals surface area contributed by atoms with E-state index < -0.39 is 10.0 Å². The van der Waals surface area contributed by atoms with Gasteiger partial charge >= 0.3 is 5.97 Å². The SMILES string of the molecule is COC(=O)C1CCN(S(=O)(=O)c2cn(-c3ccccc3)nc2C)CC1. The smallest absolute Gasteiger partial charge is 0.308 e. The van der Waals surface area contributed by atoms with Gasteiger partial charge in [-0.15, -0.1) is 0 Å². The number of esters is 1. The molecule has 1 aliphatic rings. The van der Waals surface area contributed by atoms with Gasteiger partial charge in [0.15, 0.2) is 0 Å². The molecule has 0 unspecified atom stereocenters. The van der Waals surface area contributed by atoms with Crippen LogP contribution in [0.1, 0.15) is 18.5 Å². The van der Waals surface area contributed by atoms with Gasteiger partial charge in [-0.25, -0.2) is 13.1 Å². The molecule has 0 N–H and O–H groups in total. The fourth-order valence-electron chi connectivity index (χ4n) is 3.05. The van der Waals surface area contributed by atoms with E-state index >= 15 is 0 Å². The summed E-state index contributed by atoms with van der Waals surface area (Å²) in [5.74, 6) is -0.505. The zero-order valence-electron chi connectivity index (χ0n) is 14.3. The Kier molecular flexibility index (Phi) is 4.91. The molecular formula is C17H21N3O4S. The van der Waals surface area contributed by atoms with E-state index in [-0.39, 0.29) is 16.8 Å². The summed E-state index contributed by atoms with van der Waals surface area (Å²) in [6, 6.07) is 9.37. The topological polar surface area (TPSA) is 81.5 Å². The van der Waals surface area contributed by atoms with Gasteiger partial charge in [-0.2, -0.15) is 9.40 Å². The average molecular weight is 363 g/mol. The highest BCUT2D eigenvalue weighted by Crippen LogP contribution is 2.26. The number of aryl methyl sites for hydroxylation is 1. The highest BCUT2D eigenvalue weighted by Gasteiger charge is 2.34. The maximum atomic E-state index is 13.0. The van der Waals surface area contributed by atoms with Crippen LogP contribution < -0.4 is 0 Å². The third-order valence-corrected chi connectivity index (χ3v) is 6.48. The lowest BCUT2D eigenvalue weighted by molar-refractivity contribution is -0.146. The van der Waals surface area contributed by atoms with Crippen molar-refractivity contribution in [1.29, 1.82) is 0 Å². The number of hydrogen-bond donors (Lipinski definition) is 0. The van der Waals surface area contributed by atoms with E-state index in [2.05, 4.69) is 5.10 Å². The summed E-state index contributed by atoms with van der Waals surface area (Å²) >= 11 is 0. The minimum absolute atomic E-state index is 0.202. The van der Waals surface area contributed by atoms with Crippen LogP contribution in [0.2, 0.25) is 0 Å². The van der Waals surface area contributed by atoms with Gasteiger partial charge in [0, 0.05) is 13.1 Å². The van der Waals surface area contributed by atoms with Crippen molar-refractivity contribution in [2.45, 2.75) is 24.7 Å². The maximum Gasteiger partial charge on any atom is 0.308 e. The average Bonchev–Trinajstić information content (AvgIpc) is 3.04. The predicted molar refractivity (Wildman–Crippen MR) is 91.8 cm³/mol. The number of benzene rings is 1. The maximum absolute atomic E-state index is 13.0. The lowest BCUT2D eigenvalue weighted by atomic mass is 9.99. The molecular weight excluding hydrogens is 342 g/mol. The van der Waals surface area contributed by atoms with Crippen molar-refractivity contribution in [3.05, 3.63) is 42.2 Å². The van der Waals surface area contributed by atoms with Crippen LogP contribution in [0.5, 0.6) is 0 Å². The third-order valence-electron chi connectivity index (χ3n) is 4.48. The number of carbonyl (C=O) groups excluding carboxylic acids is 1. The Balaban J connectivity index is 1.82. The molecule has 1 fully saturated rings. The summed E-state index contributed by atoms with van der Waals surface area (Å²) in [6.07, 6.45) is 2.49. The van der Waals surface area contributed by atoms with Crippen molar-refractivity contribution >= 4 is 16.0 Å². The highest BCUT2D eigenvalue weighted by atomic mass is 32.2. The number of carbonyl (C=O) groups is 1. The number of rotatable bonds is 4. The molecule has 1 aliphatic heterocycles. The van der Waals surface area contributed by atoms with Gasteiger partial charge in [-0.1, -0.05) is 18.2 Å². The van der Waals surface area contributed by atoms with Crippen LogP contribution in [-0.4, -0.2) is 48.7 Å². The van der Waals surface area contributed by atoms with Crippen LogP contribution in [0.3, 0.4) is 0 Å². The summed E-state index contributed by atoms with van der Waals surface area (Å²) in [5.41, 5.74) is 1.26. The molecule has 1 saturated heterocycles. The van der Waals surface area contributed by atoms with Gasteiger partial charge in [0.2, 0.25) is 10.0 Å². The fourth-order valence-corrected chi connectivity index (χ4v) is 4.66. The Bertz CT molecular complexity index is 853. The van der Waals surface area contributed by atoms with E-state index in [9.17, 15) is 13.2 Å². The summed E-state index contributed by atoms with van der Waals surface area (Å²) in [5, 5.41) is 4.34. The normalized spacial score (nSPS) is 16.7. The van der Waals surface area contributed by atoms with E-state index in [4.69, 9.17) is 4.74 Å². The quantitative estimate of drug-likeness (QED) is 0.773. The van der Waals surface area contributed by atoms with Crippen molar-refractivity contribution < 1.29 is 17.9 Å². The van der Waals surface area contributed by atoms with Gasteiger partial charge in [-0.05, 0) is 31.9 Å². The first-order chi connectivity index (χ1) is 11.9. The minimum Gasteiger partial charge on any atom is -0.469 e. The van der Waals surface area contributed by atoms with Crippen LogP contribution in [-0.2, 0) is 19.6 Å². The number of para-hydroxylation sites is 1. The molecule has 0 spiro atoms. The molecule has 2 aromatic rings. The van der Waals surface area contributed by atoms with Crippen LogP contribution in [0, 0.1) is 12.8 Å². The highest BCUT2D eigenvalue weighted by molar-refractivity contribution is 7.89. The Morgan fingerprint density at radius 1 is 1.20 bits per heavy atom. The lowest BCUT2D eigenvalue weighted by Gasteiger charge is -2.29. The lowest BCUT2D eigenvalue weighted by Crippen LogP contribution is -2.40. The second kappa shape index (κ2) is 6.97. The molecule has 1 aromatic heterocycles. The molecule has 0 aliphatic carbocycles. The zero-order valence-corrected chi connectivity index (χ0v) is 15.1. The van der Waals surface area contributed by atoms with Crippen molar-refractivity contribution in [2.75, 3.05) is 20.2 Å². The Morgan fingerprint density at radius 3 is 2.44 bits per heavy atom. The van der Waals surface area contributed by atoms with Crippen molar-refractivity contribution in [3.63, 3.8) is 0 Å². The van der Waals surface area contributed by atoms with E-state index in [1.807, 2.05) is 30.3 Å². The van der Waals surface area contributed by atoms with E-state index in [1.165, 1.54) is 11.4 Å². The predicted octanol–water partition coefficient (Wildman–Crippen LogP) is 1.75. The van der Waals surface area contributed by atoms with Gasteiger partial charge in [0.05, 0.1) is 30.6 Å². The van der Waals surface area contributed by atoms with Crippen LogP contribution in [0.25, 0.3) is 5.69 Å². The molecule has 8 heteroatoms. The first-order valence-corrected chi connectivity index (χ1v) is 9.57. The Morgan fingerprint density at radius 2 is 1.84 bits per heavy atom. The number of methoxy groups -OCH3 is 1.